The van der Waals surface area contributed by atoms with Gasteiger partial charge in [-0.05, 0) is 6.92 Å². The largest absolute Gasteiger partial charge is 0.461 e. The molecule has 0 aliphatic rings. The van der Waals surface area contributed by atoms with E-state index in [0.717, 1.165) is 5.69 Å². The Morgan fingerprint density at radius 3 is 2.79 bits per heavy atom. The molecule has 0 fully saturated rings. The van der Waals surface area contributed by atoms with Crippen molar-refractivity contribution < 1.29 is 14.6 Å². The number of aromatic nitrogens is 2. The lowest BCUT2D eigenvalue weighted by atomic mass is 10.3. The average molecular weight is 198 g/mol. The molecule has 0 amide bonds. The van der Waals surface area contributed by atoms with E-state index in [1.54, 1.807) is 20.2 Å². The van der Waals surface area contributed by atoms with Crippen LogP contribution in [-0.2, 0) is 11.3 Å². The highest BCUT2D eigenvalue weighted by atomic mass is 16.5. The number of hydrogen-bond acceptors (Lipinski definition) is 5. The van der Waals surface area contributed by atoms with E-state index < -0.39 is 0 Å². The first-order valence-corrected chi connectivity index (χ1v) is 4.33. The molecule has 0 atom stereocenters. The minimum atomic E-state index is -0.0514. The van der Waals surface area contributed by atoms with Gasteiger partial charge < -0.3 is 14.6 Å². The van der Waals surface area contributed by atoms with E-state index in [-0.39, 0.29) is 6.61 Å². The van der Waals surface area contributed by atoms with E-state index >= 15 is 0 Å². The standard InChI is InChI=1S/C9H14N2O3/c1-7-8(6-12)5-10-9(11-7)14-4-3-13-2/h5,12H,3-4,6H2,1-2H3. The summed E-state index contributed by atoms with van der Waals surface area (Å²) in [5.74, 6) is 0. The molecule has 14 heavy (non-hydrogen) atoms. The zero-order valence-electron chi connectivity index (χ0n) is 8.36. The molecule has 0 aromatic carbocycles. The Kier molecular flexibility index (Phi) is 4.28. The third-order valence-corrected chi connectivity index (χ3v) is 1.75. The summed E-state index contributed by atoms with van der Waals surface area (Å²) in [7, 11) is 1.60. The van der Waals surface area contributed by atoms with Crippen LogP contribution in [0.25, 0.3) is 0 Å². The van der Waals surface area contributed by atoms with E-state index in [9.17, 15) is 0 Å². The molecule has 1 heterocycles. The topological polar surface area (TPSA) is 64.5 Å². The van der Waals surface area contributed by atoms with Crippen LogP contribution in [0.5, 0.6) is 6.01 Å². The SMILES string of the molecule is COCCOc1ncc(CO)c(C)n1. The average Bonchev–Trinajstić information content (AvgIpc) is 2.18. The Bertz CT molecular complexity index is 291. The molecule has 1 aromatic rings. The highest BCUT2D eigenvalue weighted by molar-refractivity contribution is 5.16. The zero-order chi connectivity index (χ0) is 10.4. The summed E-state index contributed by atoms with van der Waals surface area (Å²) < 4.78 is 10.0. The van der Waals surface area contributed by atoms with Crippen LogP contribution in [0.1, 0.15) is 11.3 Å². The van der Waals surface area contributed by atoms with Gasteiger partial charge in [-0.2, -0.15) is 0 Å². The van der Waals surface area contributed by atoms with Crippen LogP contribution < -0.4 is 4.74 Å². The molecule has 1 aromatic heterocycles. The summed E-state index contributed by atoms with van der Waals surface area (Å²) in [5, 5.41) is 8.88. The van der Waals surface area contributed by atoms with Gasteiger partial charge in [0.1, 0.15) is 6.61 Å². The van der Waals surface area contributed by atoms with Crippen molar-refractivity contribution in [3.05, 3.63) is 17.5 Å². The van der Waals surface area contributed by atoms with E-state index in [2.05, 4.69) is 9.97 Å². The first-order chi connectivity index (χ1) is 6.77. The van der Waals surface area contributed by atoms with Crippen LogP contribution in [0.3, 0.4) is 0 Å². The molecule has 1 rings (SSSR count). The van der Waals surface area contributed by atoms with E-state index in [1.165, 1.54) is 0 Å². The van der Waals surface area contributed by atoms with Crippen LogP contribution in [0.4, 0.5) is 0 Å². The molecule has 0 saturated carbocycles. The summed E-state index contributed by atoms with van der Waals surface area (Å²) in [6.45, 7) is 2.68. The second-order valence-electron chi connectivity index (χ2n) is 2.76. The molecule has 0 aliphatic carbocycles. The number of rotatable bonds is 5. The predicted octanol–water partition coefficient (Wildman–Crippen LogP) is 0.303. The maximum atomic E-state index is 8.88. The van der Waals surface area contributed by atoms with Crippen LogP contribution in [0, 0.1) is 6.92 Å². The fraction of sp³-hybridized carbons (Fsp3) is 0.556. The highest BCUT2D eigenvalue weighted by Gasteiger charge is 2.02. The predicted molar refractivity (Wildman–Crippen MR) is 50.1 cm³/mol. The summed E-state index contributed by atoms with van der Waals surface area (Å²) in [6, 6.07) is 0.316. The molecule has 5 heteroatoms. The van der Waals surface area contributed by atoms with Gasteiger partial charge in [0.2, 0.25) is 0 Å². The van der Waals surface area contributed by atoms with Crippen molar-refractivity contribution in [3.8, 4) is 6.01 Å². The lowest BCUT2D eigenvalue weighted by molar-refractivity contribution is 0.140. The number of nitrogens with zero attached hydrogens (tertiary/aromatic N) is 2. The Balaban J connectivity index is 2.57. The number of methoxy groups -OCH3 is 1. The Morgan fingerprint density at radius 1 is 1.43 bits per heavy atom. The van der Waals surface area contributed by atoms with Crippen LogP contribution in [0.15, 0.2) is 6.20 Å². The first kappa shape index (κ1) is 10.9. The first-order valence-electron chi connectivity index (χ1n) is 4.33. The quantitative estimate of drug-likeness (QED) is 0.689. The number of aliphatic hydroxyl groups excluding tert-OH is 1. The van der Waals surface area contributed by atoms with E-state index in [0.29, 0.717) is 24.8 Å². The van der Waals surface area contributed by atoms with Crippen molar-refractivity contribution in [3.63, 3.8) is 0 Å². The fourth-order valence-electron chi connectivity index (χ4n) is 0.912. The summed E-state index contributed by atoms with van der Waals surface area (Å²) in [6.07, 6.45) is 1.56. The third kappa shape index (κ3) is 2.93. The maximum Gasteiger partial charge on any atom is 0.316 e. The van der Waals surface area contributed by atoms with Gasteiger partial charge in [-0.1, -0.05) is 0 Å². The second-order valence-corrected chi connectivity index (χ2v) is 2.76. The van der Waals surface area contributed by atoms with Gasteiger partial charge in [-0.15, -0.1) is 0 Å². The molecule has 1 N–H and O–H groups in total. The second kappa shape index (κ2) is 5.51. The van der Waals surface area contributed by atoms with Crippen LogP contribution >= 0.6 is 0 Å². The lowest BCUT2D eigenvalue weighted by Gasteiger charge is -2.05. The molecule has 0 aliphatic heterocycles. The van der Waals surface area contributed by atoms with Gasteiger partial charge in [0.25, 0.3) is 0 Å². The Labute approximate surface area is 82.7 Å². The number of hydrogen-bond donors (Lipinski definition) is 1. The number of aryl methyl sites for hydroxylation is 1. The Morgan fingerprint density at radius 2 is 2.21 bits per heavy atom. The Hall–Kier alpha value is -1.20. The van der Waals surface area contributed by atoms with E-state index in [1.807, 2.05) is 0 Å². The lowest BCUT2D eigenvalue weighted by Crippen LogP contribution is -2.08. The number of ether oxygens (including phenoxy) is 2. The summed E-state index contributed by atoms with van der Waals surface area (Å²) >= 11 is 0. The van der Waals surface area contributed by atoms with Gasteiger partial charge >= 0.3 is 6.01 Å². The van der Waals surface area contributed by atoms with Gasteiger partial charge in [0.15, 0.2) is 0 Å². The van der Waals surface area contributed by atoms with Crippen molar-refractivity contribution in [2.24, 2.45) is 0 Å². The van der Waals surface area contributed by atoms with Gasteiger partial charge in [0.05, 0.1) is 18.9 Å². The molecular weight excluding hydrogens is 184 g/mol. The highest BCUT2D eigenvalue weighted by Crippen LogP contribution is 2.08. The normalized spacial score (nSPS) is 10.2. The molecule has 0 bridgehead atoms. The summed E-state index contributed by atoms with van der Waals surface area (Å²) in [4.78, 5) is 8.00. The maximum absolute atomic E-state index is 8.88. The summed E-state index contributed by atoms with van der Waals surface area (Å²) in [5.41, 5.74) is 1.44. The van der Waals surface area contributed by atoms with Crippen molar-refractivity contribution in [1.29, 1.82) is 0 Å². The van der Waals surface area contributed by atoms with Gasteiger partial charge in [0, 0.05) is 18.9 Å². The molecule has 0 unspecified atom stereocenters. The number of aliphatic hydroxyl groups is 1. The third-order valence-electron chi connectivity index (χ3n) is 1.75. The minimum absolute atomic E-state index is 0.0514. The van der Waals surface area contributed by atoms with E-state index in [4.69, 9.17) is 14.6 Å². The molecular formula is C9H14N2O3. The minimum Gasteiger partial charge on any atom is -0.461 e. The monoisotopic (exact) mass is 198 g/mol. The molecule has 0 spiro atoms. The molecule has 5 nitrogen and oxygen atoms in total. The zero-order valence-corrected chi connectivity index (χ0v) is 8.36. The van der Waals surface area contributed by atoms with Gasteiger partial charge in [-0.3, -0.25) is 0 Å². The molecule has 0 saturated heterocycles. The van der Waals surface area contributed by atoms with Crippen LogP contribution in [0.2, 0.25) is 0 Å². The van der Waals surface area contributed by atoms with Crippen LogP contribution in [-0.4, -0.2) is 35.4 Å². The fourth-order valence-corrected chi connectivity index (χ4v) is 0.912. The van der Waals surface area contributed by atoms with Crippen molar-refractivity contribution in [2.45, 2.75) is 13.5 Å². The van der Waals surface area contributed by atoms with Gasteiger partial charge in [-0.25, -0.2) is 9.97 Å². The molecule has 0 radical (unpaired) electrons. The smallest absolute Gasteiger partial charge is 0.316 e. The van der Waals surface area contributed by atoms with Crippen molar-refractivity contribution >= 4 is 0 Å². The van der Waals surface area contributed by atoms with Crippen molar-refractivity contribution in [1.82, 2.24) is 9.97 Å². The van der Waals surface area contributed by atoms with Crippen molar-refractivity contribution in [2.75, 3.05) is 20.3 Å². The molecule has 78 valence electrons.